The molecule has 4 heteroatoms. The van der Waals surface area contributed by atoms with Gasteiger partial charge in [-0.1, -0.05) is 12.1 Å². The summed E-state index contributed by atoms with van der Waals surface area (Å²) in [6.07, 6.45) is 3.75. The van der Waals surface area contributed by atoms with E-state index in [1.807, 2.05) is 35.0 Å². The molecule has 2 heterocycles. The van der Waals surface area contributed by atoms with E-state index in [1.54, 1.807) is 11.0 Å². The average molecular weight is 284 g/mol. The van der Waals surface area contributed by atoms with Gasteiger partial charge >= 0.3 is 0 Å². The maximum absolute atomic E-state index is 12.9. The molecule has 0 spiro atoms. The molecule has 0 saturated carbocycles. The Morgan fingerprint density at radius 1 is 1.24 bits per heavy atom. The first-order valence-corrected chi connectivity index (χ1v) is 7.39. The van der Waals surface area contributed by atoms with E-state index in [9.17, 15) is 9.90 Å². The van der Waals surface area contributed by atoms with E-state index < -0.39 is 0 Å². The van der Waals surface area contributed by atoms with Crippen molar-refractivity contribution in [3.8, 4) is 5.75 Å². The number of nitrogens with zero attached hydrogens (tertiary/aromatic N) is 2. The van der Waals surface area contributed by atoms with Crippen LogP contribution in [0, 0.1) is 0 Å². The zero-order valence-corrected chi connectivity index (χ0v) is 12.4. The number of amides is 1. The Morgan fingerprint density at radius 3 is 2.81 bits per heavy atom. The molecule has 4 nitrogen and oxygen atoms in total. The molecule has 0 bridgehead atoms. The van der Waals surface area contributed by atoms with Gasteiger partial charge in [0.05, 0.1) is 5.69 Å². The van der Waals surface area contributed by atoms with Crippen LogP contribution in [-0.4, -0.2) is 22.1 Å². The van der Waals surface area contributed by atoms with Gasteiger partial charge in [-0.05, 0) is 50.5 Å². The Hall–Kier alpha value is -2.23. The van der Waals surface area contributed by atoms with Crippen molar-refractivity contribution in [2.45, 2.75) is 32.7 Å². The summed E-state index contributed by atoms with van der Waals surface area (Å²) in [5, 5.41) is 10.2. The number of phenolic OH excluding ortho intramolecular Hbond substituents is 1. The van der Waals surface area contributed by atoms with Crippen molar-refractivity contribution in [3.63, 3.8) is 0 Å². The van der Waals surface area contributed by atoms with Crippen molar-refractivity contribution in [1.29, 1.82) is 0 Å². The molecule has 110 valence electrons. The van der Waals surface area contributed by atoms with Crippen LogP contribution in [0.5, 0.6) is 5.75 Å². The van der Waals surface area contributed by atoms with E-state index in [0.29, 0.717) is 17.9 Å². The normalized spacial score (nSPS) is 14.3. The highest BCUT2D eigenvalue weighted by Crippen LogP contribution is 2.36. The fraction of sp³-hybridized carbons (Fsp3) is 0.353. The minimum atomic E-state index is -0.0452. The molecular formula is C17H20N2O2. The summed E-state index contributed by atoms with van der Waals surface area (Å²) >= 11 is 0. The first kappa shape index (κ1) is 13.7. The zero-order valence-electron chi connectivity index (χ0n) is 12.4. The van der Waals surface area contributed by atoms with Crippen LogP contribution in [0.3, 0.4) is 0 Å². The lowest BCUT2D eigenvalue weighted by atomic mass is 10.0. The number of hydrogen-bond acceptors (Lipinski definition) is 2. The second-order valence-corrected chi connectivity index (χ2v) is 5.74. The highest BCUT2D eigenvalue weighted by atomic mass is 16.3. The average Bonchev–Trinajstić information content (AvgIpc) is 2.96. The molecule has 0 unspecified atom stereocenters. The van der Waals surface area contributed by atoms with Gasteiger partial charge in [0.2, 0.25) is 0 Å². The van der Waals surface area contributed by atoms with Crippen LogP contribution >= 0.6 is 0 Å². The number of para-hydroxylation sites is 1. The number of carbonyl (C=O) groups is 1. The predicted octanol–water partition coefficient (Wildman–Crippen LogP) is 3.37. The largest absolute Gasteiger partial charge is 0.506 e. The van der Waals surface area contributed by atoms with E-state index in [1.165, 1.54) is 0 Å². The molecule has 0 fully saturated rings. The van der Waals surface area contributed by atoms with Gasteiger partial charge < -0.3 is 14.6 Å². The number of benzene rings is 1. The van der Waals surface area contributed by atoms with Crippen molar-refractivity contribution >= 4 is 11.6 Å². The van der Waals surface area contributed by atoms with Crippen LogP contribution in [0.1, 0.15) is 42.4 Å². The molecule has 0 aliphatic carbocycles. The van der Waals surface area contributed by atoms with E-state index >= 15 is 0 Å². The Balaban J connectivity index is 2.03. The van der Waals surface area contributed by atoms with Crippen molar-refractivity contribution < 1.29 is 9.90 Å². The number of rotatable bonds is 2. The van der Waals surface area contributed by atoms with Crippen molar-refractivity contribution in [1.82, 2.24) is 4.57 Å². The number of aryl methyl sites for hydroxylation is 1. The first-order valence-electron chi connectivity index (χ1n) is 7.39. The summed E-state index contributed by atoms with van der Waals surface area (Å²) in [4.78, 5) is 14.6. The molecule has 2 aromatic rings. The smallest absolute Gasteiger partial charge is 0.275 e. The van der Waals surface area contributed by atoms with Crippen molar-refractivity contribution in [2.24, 2.45) is 0 Å². The molecule has 0 saturated heterocycles. The third-order valence-electron chi connectivity index (χ3n) is 4.00. The highest BCUT2D eigenvalue weighted by Gasteiger charge is 2.27. The van der Waals surface area contributed by atoms with Gasteiger partial charge in [0.15, 0.2) is 0 Å². The quantitative estimate of drug-likeness (QED) is 0.919. The van der Waals surface area contributed by atoms with Gasteiger partial charge in [-0.15, -0.1) is 0 Å². The third kappa shape index (κ3) is 2.31. The first-order chi connectivity index (χ1) is 10.1. The Bertz CT molecular complexity index is 673. The summed E-state index contributed by atoms with van der Waals surface area (Å²) < 4.78 is 1.97. The Labute approximate surface area is 124 Å². The summed E-state index contributed by atoms with van der Waals surface area (Å²) in [6, 6.07) is 9.42. The van der Waals surface area contributed by atoms with Gasteiger partial charge in [-0.25, -0.2) is 0 Å². The summed E-state index contributed by atoms with van der Waals surface area (Å²) in [7, 11) is 0. The molecule has 1 aromatic carbocycles. The standard InChI is InChI=1S/C17H20N2O2/c1-12(2)18-10-5-8-14(18)17(21)19-11-4-7-13-6-3-9-15(20)16(13)19/h3,5-6,8-10,12,20H,4,7,11H2,1-2H3. The number of anilines is 1. The molecule has 1 N–H and O–H groups in total. The Kier molecular flexibility index (Phi) is 3.45. The fourth-order valence-electron chi connectivity index (χ4n) is 3.00. The minimum Gasteiger partial charge on any atom is -0.506 e. The molecule has 0 atom stereocenters. The predicted molar refractivity (Wildman–Crippen MR) is 82.9 cm³/mol. The van der Waals surface area contributed by atoms with Gasteiger partial charge in [-0.2, -0.15) is 0 Å². The van der Waals surface area contributed by atoms with Crippen molar-refractivity contribution in [2.75, 3.05) is 11.4 Å². The van der Waals surface area contributed by atoms with Crippen LogP contribution in [0.25, 0.3) is 0 Å². The lowest BCUT2D eigenvalue weighted by Crippen LogP contribution is -2.36. The molecule has 21 heavy (non-hydrogen) atoms. The second-order valence-electron chi connectivity index (χ2n) is 5.74. The number of phenols is 1. The Morgan fingerprint density at radius 2 is 2.05 bits per heavy atom. The third-order valence-corrected chi connectivity index (χ3v) is 4.00. The fourth-order valence-corrected chi connectivity index (χ4v) is 3.00. The van der Waals surface area contributed by atoms with Crippen LogP contribution < -0.4 is 4.90 Å². The summed E-state index contributed by atoms with van der Waals surface area (Å²) in [6.45, 7) is 4.75. The second kappa shape index (κ2) is 5.28. The van der Waals surface area contributed by atoms with Gasteiger partial charge in [0.1, 0.15) is 11.4 Å². The molecule has 3 rings (SSSR count). The topological polar surface area (TPSA) is 45.5 Å². The molecular weight excluding hydrogens is 264 g/mol. The van der Waals surface area contributed by atoms with Crippen molar-refractivity contribution in [3.05, 3.63) is 47.8 Å². The summed E-state index contributed by atoms with van der Waals surface area (Å²) in [5.74, 6) is 0.138. The maximum Gasteiger partial charge on any atom is 0.275 e. The van der Waals surface area contributed by atoms with Gasteiger partial charge in [0.25, 0.3) is 5.91 Å². The van der Waals surface area contributed by atoms with E-state index in [4.69, 9.17) is 0 Å². The maximum atomic E-state index is 12.9. The highest BCUT2D eigenvalue weighted by molar-refractivity contribution is 6.06. The van der Waals surface area contributed by atoms with E-state index in [2.05, 4.69) is 13.8 Å². The molecule has 1 aliphatic rings. The van der Waals surface area contributed by atoms with E-state index in [0.717, 1.165) is 18.4 Å². The van der Waals surface area contributed by atoms with Crippen LogP contribution in [0.15, 0.2) is 36.5 Å². The monoisotopic (exact) mass is 284 g/mol. The zero-order chi connectivity index (χ0) is 15.0. The van der Waals surface area contributed by atoms with Crippen LogP contribution in [0.2, 0.25) is 0 Å². The summed E-state index contributed by atoms with van der Waals surface area (Å²) in [5.41, 5.74) is 2.38. The molecule has 1 aromatic heterocycles. The van der Waals surface area contributed by atoms with Crippen LogP contribution in [0.4, 0.5) is 5.69 Å². The molecule has 1 amide bonds. The molecule has 1 aliphatic heterocycles. The van der Waals surface area contributed by atoms with Crippen LogP contribution in [-0.2, 0) is 6.42 Å². The number of fused-ring (bicyclic) bond motifs is 1. The lowest BCUT2D eigenvalue weighted by molar-refractivity contribution is 0.0974. The number of carbonyl (C=O) groups excluding carboxylic acids is 1. The SMILES string of the molecule is CC(C)n1cccc1C(=O)N1CCCc2cccc(O)c21. The van der Waals surface area contributed by atoms with E-state index in [-0.39, 0.29) is 17.7 Å². The molecule has 0 radical (unpaired) electrons. The minimum absolute atomic E-state index is 0.0452. The number of aromatic hydroxyl groups is 1. The lowest BCUT2D eigenvalue weighted by Gasteiger charge is -2.30. The number of aromatic nitrogens is 1. The van der Waals surface area contributed by atoms with Gasteiger partial charge in [0, 0.05) is 18.8 Å². The number of hydrogen-bond donors (Lipinski definition) is 1. The van der Waals surface area contributed by atoms with Gasteiger partial charge in [-0.3, -0.25) is 4.79 Å².